The number of nitrogens with zero attached hydrogens (tertiary/aromatic N) is 1. The smallest absolute Gasteiger partial charge is 0.257 e. The molecule has 0 saturated heterocycles. The molecule has 0 unspecified atom stereocenters. The molecule has 1 heterocycles. The molecule has 2 rings (SSSR count). The predicted molar refractivity (Wildman–Crippen MR) is 68.8 cm³/mol. The van der Waals surface area contributed by atoms with Crippen LogP contribution in [0, 0.1) is 6.92 Å². The number of phenolic OH excluding ortho intramolecular Hbond substituents is 1. The number of anilines is 1. The number of benzene rings is 1. The fourth-order valence-electron chi connectivity index (χ4n) is 1.66. The van der Waals surface area contributed by atoms with E-state index in [-0.39, 0.29) is 11.7 Å². The van der Waals surface area contributed by atoms with Crippen molar-refractivity contribution in [1.82, 2.24) is 10.2 Å². The molecular formula is C13H15N3O2. The summed E-state index contributed by atoms with van der Waals surface area (Å²) < 4.78 is 0. The van der Waals surface area contributed by atoms with Crippen molar-refractivity contribution in [3.05, 3.63) is 41.1 Å². The third kappa shape index (κ3) is 2.34. The Bertz CT molecular complexity index is 575. The molecule has 0 radical (unpaired) electrons. The summed E-state index contributed by atoms with van der Waals surface area (Å²) in [7, 11) is 0. The van der Waals surface area contributed by atoms with E-state index in [0.29, 0.717) is 16.9 Å². The number of rotatable bonds is 3. The van der Waals surface area contributed by atoms with E-state index < -0.39 is 0 Å². The minimum absolute atomic E-state index is 0.110. The molecule has 0 aliphatic carbocycles. The lowest BCUT2D eigenvalue weighted by atomic mass is 10.1. The van der Waals surface area contributed by atoms with Gasteiger partial charge in [0.25, 0.3) is 5.91 Å². The molecule has 2 aromatic rings. The van der Waals surface area contributed by atoms with Gasteiger partial charge < -0.3 is 10.4 Å². The third-order valence-electron chi connectivity index (χ3n) is 2.80. The van der Waals surface area contributed by atoms with Crippen molar-refractivity contribution in [2.24, 2.45) is 0 Å². The maximum Gasteiger partial charge on any atom is 0.257 e. The van der Waals surface area contributed by atoms with E-state index in [4.69, 9.17) is 0 Å². The van der Waals surface area contributed by atoms with Crippen LogP contribution in [0.4, 0.5) is 5.82 Å². The number of aromatic hydroxyl groups is 1. The molecule has 1 amide bonds. The highest BCUT2D eigenvalue weighted by Crippen LogP contribution is 2.20. The first-order chi connectivity index (χ1) is 8.61. The highest BCUT2D eigenvalue weighted by molar-refractivity contribution is 6.05. The number of amides is 1. The molecule has 0 aliphatic rings. The molecule has 0 aliphatic heterocycles. The molecule has 5 heteroatoms. The number of hydrogen-bond acceptors (Lipinski definition) is 3. The van der Waals surface area contributed by atoms with Crippen LogP contribution in [0.2, 0.25) is 0 Å². The molecule has 1 aromatic carbocycles. The number of H-pyrrole nitrogens is 1. The molecule has 3 N–H and O–H groups in total. The van der Waals surface area contributed by atoms with Gasteiger partial charge in [0, 0.05) is 22.9 Å². The van der Waals surface area contributed by atoms with Gasteiger partial charge in [-0.2, -0.15) is 5.10 Å². The highest BCUT2D eigenvalue weighted by Gasteiger charge is 2.12. The Labute approximate surface area is 105 Å². The van der Waals surface area contributed by atoms with E-state index in [0.717, 1.165) is 12.1 Å². The summed E-state index contributed by atoms with van der Waals surface area (Å²) in [6, 6.07) is 6.64. The molecule has 0 atom stereocenters. The summed E-state index contributed by atoms with van der Waals surface area (Å²) in [5.41, 5.74) is 1.95. The van der Waals surface area contributed by atoms with Crippen molar-refractivity contribution in [1.29, 1.82) is 0 Å². The van der Waals surface area contributed by atoms with Crippen LogP contribution in [0.15, 0.2) is 24.3 Å². The van der Waals surface area contributed by atoms with Crippen molar-refractivity contribution < 1.29 is 9.90 Å². The highest BCUT2D eigenvalue weighted by atomic mass is 16.3. The topological polar surface area (TPSA) is 78.0 Å². The van der Waals surface area contributed by atoms with Gasteiger partial charge in [-0.15, -0.1) is 0 Å². The summed E-state index contributed by atoms with van der Waals surface area (Å²) in [5.74, 6) is 0.316. The van der Waals surface area contributed by atoms with Gasteiger partial charge in [-0.1, -0.05) is 13.0 Å². The largest absolute Gasteiger partial charge is 0.508 e. The number of carbonyl (C=O) groups excluding carboxylic acids is 1. The second kappa shape index (κ2) is 4.91. The Kier molecular flexibility index (Phi) is 3.32. The van der Waals surface area contributed by atoms with Gasteiger partial charge in [-0.05, 0) is 25.5 Å². The van der Waals surface area contributed by atoms with Gasteiger partial charge in [-0.25, -0.2) is 0 Å². The normalized spacial score (nSPS) is 10.3. The second-order valence-electron chi connectivity index (χ2n) is 4.04. The predicted octanol–water partition coefficient (Wildman–Crippen LogP) is 2.24. The summed E-state index contributed by atoms with van der Waals surface area (Å²) >= 11 is 0. The number of carbonyl (C=O) groups is 1. The van der Waals surface area contributed by atoms with Crippen LogP contribution in [-0.4, -0.2) is 21.2 Å². The summed E-state index contributed by atoms with van der Waals surface area (Å²) in [5, 5.41) is 19.1. The van der Waals surface area contributed by atoms with Crippen LogP contribution in [0.1, 0.15) is 28.5 Å². The van der Waals surface area contributed by atoms with E-state index >= 15 is 0 Å². The number of hydrogen-bond donors (Lipinski definition) is 3. The SMILES string of the molecule is CCc1cc(NC(=O)c2cccc(O)c2C)n[nH]1. The Morgan fingerprint density at radius 2 is 2.28 bits per heavy atom. The van der Waals surface area contributed by atoms with Crippen molar-refractivity contribution in [2.75, 3.05) is 5.32 Å². The maximum absolute atomic E-state index is 12.0. The van der Waals surface area contributed by atoms with Crippen LogP contribution < -0.4 is 5.32 Å². The average molecular weight is 245 g/mol. The van der Waals surface area contributed by atoms with E-state index in [1.165, 1.54) is 0 Å². The van der Waals surface area contributed by atoms with Gasteiger partial charge in [0.05, 0.1) is 0 Å². The number of phenols is 1. The number of aryl methyl sites for hydroxylation is 1. The molecule has 18 heavy (non-hydrogen) atoms. The third-order valence-corrected chi connectivity index (χ3v) is 2.80. The van der Waals surface area contributed by atoms with Crippen molar-refractivity contribution >= 4 is 11.7 Å². The van der Waals surface area contributed by atoms with E-state index in [2.05, 4.69) is 15.5 Å². The molecule has 94 valence electrons. The van der Waals surface area contributed by atoms with Gasteiger partial charge >= 0.3 is 0 Å². The maximum atomic E-state index is 12.0. The first kappa shape index (κ1) is 12.2. The van der Waals surface area contributed by atoms with Crippen LogP contribution in [-0.2, 0) is 6.42 Å². The van der Waals surface area contributed by atoms with E-state index in [1.54, 1.807) is 31.2 Å². The van der Waals surface area contributed by atoms with E-state index in [1.807, 2.05) is 6.92 Å². The Morgan fingerprint density at radius 3 is 2.94 bits per heavy atom. The lowest BCUT2D eigenvalue weighted by molar-refractivity contribution is 0.102. The van der Waals surface area contributed by atoms with Gasteiger partial charge in [0.1, 0.15) is 5.75 Å². The minimum atomic E-state index is -0.280. The van der Waals surface area contributed by atoms with E-state index in [9.17, 15) is 9.90 Å². The number of nitrogens with one attached hydrogen (secondary N) is 2. The van der Waals surface area contributed by atoms with Crippen LogP contribution in [0.5, 0.6) is 5.75 Å². The second-order valence-corrected chi connectivity index (χ2v) is 4.04. The van der Waals surface area contributed by atoms with Crippen molar-refractivity contribution in [2.45, 2.75) is 20.3 Å². The quantitative estimate of drug-likeness (QED) is 0.776. The number of aromatic nitrogens is 2. The summed E-state index contributed by atoms with van der Waals surface area (Å²) in [4.78, 5) is 12.0. The fraction of sp³-hybridized carbons (Fsp3) is 0.231. The zero-order chi connectivity index (χ0) is 13.1. The summed E-state index contributed by atoms with van der Waals surface area (Å²) in [6.45, 7) is 3.70. The van der Waals surface area contributed by atoms with Gasteiger partial charge in [0.15, 0.2) is 5.82 Å². The summed E-state index contributed by atoms with van der Waals surface area (Å²) in [6.07, 6.45) is 0.827. The minimum Gasteiger partial charge on any atom is -0.508 e. The molecule has 0 saturated carbocycles. The Balaban J connectivity index is 2.19. The molecular weight excluding hydrogens is 230 g/mol. The van der Waals surface area contributed by atoms with Gasteiger partial charge in [-0.3, -0.25) is 9.89 Å². The molecule has 0 fully saturated rings. The zero-order valence-electron chi connectivity index (χ0n) is 10.3. The van der Waals surface area contributed by atoms with Gasteiger partial charge in [0.2, 0.25) is 0 Å². The Morgan fingerprint density at radius 1 is 1.50 bits per heavy atom. The monoisotopic (exact) mass is 245 g/mol. The lowest BCUT2D eigenvalue weighted by Gasteiger charge is -2.06. The molecule has 1 aromatic heterocycles. The first-order valence-corrected chi connectivity index (χ1v) is 5.76. The average Bonchev–Trinajstić information content (AvgIpc) is 2.80. The molecule has 0 spiro atoms. The first-order valence-electron chi connectivity index (χ1n) is 5.76. The van der Waals surface area contributed by atoms with Crippen LogP contribution in [0.25, 0.3) is 0 Å². The number of aromatic amines is 1. The molecule has 5 nitrogen and oxygen atoms in total. The standard InChI is InChI=1S/C13H15N3O2/c1-3-9-7-12(16-15-9)14-13(18)10-5-4-6-11(17)8(10)2/h4-7,17H,3H2,1-2H3,(H2,14,15,16,18). The zero-order valence-corrected chi connectivity index (χ0v) is 10.3. The van der Waals surface area contributed by atoms with Crippen LogP contribution >= 0.6 is 0 Å². The molecule has 0 bridgehead atoms. The fourth-order valence-corrected chi connectivity index (χ4v) is 1.66. The van der Waals surface area contributed by atoms with Crippen molar-refractivity contribution in [3.8, 4) is 5.75 Å². The Hall–Kier alpha value is -2.30. The van der Waals surface area contributed by atoms with Crippen molar-refractivity contribution in [3.63, 3.8) is 0 Å². The van der Waals surface area contributed by atoms with Crippen LogP contribution in [0.3, 0.4) is 0 Å². The lowest BCUT2D eigenvalue weighted by Crippen LogP contribution is -2.13.